The van der Waals surface area contributed by atoms with Gasteiger partial charge < -0.3 is 4.90 Å². The zero-order valence-corrected chi connectivity index (χ0v) is 18.0. The van der Waals surface area contributed by atoms with Crippen molar-refractivity contribution in [1.82, 2.24) is 10.2 Å². The molecule has 0 atom stereocenters. The van der Waals surface area contributed by atoms with Gasteiger partial charge in [-0.2, -0.15) is 0 Å². The monoisotopic (exact) mass is 378 g/mol. The Kier molecular flexibility index (Phi) is 12.1. The Balaban J connectivity index is 1.89. The van der Waals surface area contributed by atoms with Crippen molar-refractivity contribution >= 4 is 11.9 Å². The molecule has 0 aromatic rings. The zero-order valence-electron chi connectivity index (χ0n) is 18.0. The van der Waals surface area contributed by atoms with Crippen LogP contribution in [-0.4, -0.2) is 28.9 Å². The number of rotatable bonds is 16. The Bertz CT molecular complexity index is 457. The number of hydrogen-bond acceptors (Lipinski definition) is 2. The number of nitrogens with zero attached hydrogens (tertiary/aromatic N) is 1. The molecule has 0 unspecified atom stereocenters. The Morgan fingerprint density at radius 1 is 0.778 bits per heavy atom. The van der Waals surface area contributed by atoms with E-state index in [0.717, 1.165) is 12.8 Å². The fourth-order valence-corrected chi connectivity index (χ4v) is 3.59. The minimum atomic E-state index is -0.696. The first-order valence-electron chi connectivity index (χ1n) is 11.3. The third-order valence-electron chi connectivity index (χ3n) is 5.59. The molecule has 0 bridgehead atoms. The van der Waals surface area contributed by atoms with E-state index >= 15 is 0 Å². The van der Waals surface area contributed by atoms with Gasteiger partial charge in [-0.05, 0) is 46.0 Å². The van der Waals surface area contributed by atoms with Crippen molar-refractivity contribution in [2.24, 2.45) is 0 Å². The van der Waals surface area contributed by atoms with Gasteiger partial charge in [0.05, 0.1) is 0 Å². The minimum Gasteiger partial charge on any atom is -0.310 e. The molecule has 1 aliphatic rings. The van der Waals surface area contributed by atoms with E-state index in [9.17, 15) is 9.59 Å². The number of allylic oxidation sites excluding steroid dienone is 2. The topological polar surface area (TPSA) is 49.4 Å². The molecule has 0 aromatic carbocycles. The first-order chi connectivity index (χ1) is 13.0. The smallest absolute Gasteiger partial charge is 0.310 e. The van der Waals surface area contributed by atoms with E-state index in [1.54, 1.807) is 4.90 Å². The van der Waals surface area contributed by atoms with Gasteiger partial charge in [0.15, 0.2) is 0 Å². The molecule has 0 spiro atoms. The second-order valence-corrected chi connectivity index (χ2v) is 8.41. The fraction of sp³-hybridized carbons (Fsp3) is 0.826. The number of hydrogen-bond donors (Lipinski definition) is 1. The summed E-state index contributed by atoms with van der Waals surface area (Å²) < 4.78 is 0. The summed E-state index contributed by atoms with van der Waals surface area (Å²) in [4.78, 5) is 25.2. The molecule has 3 amide bonds. The van der Waals surface area contributed by atoms with E-state index in [0.29, 0.717) is 6.54 Å². The molecule has 1 fully saturated rings. The third kappa shape index (κ3) is 9.44. The average Bonchev–Trinajstić information content (AvgIpc) is 2.82. The Morgan fingerprint density at radius 3 is 1.74 bits per heavy atom. The SMILES string of the molecule is CCCCCCCC/C=C\CCCCCCCCN1C(=O)NC(=O)C1(C)C. The van der Waals surface area contributed by atoms with Crippen molar-refractivity contribution in [1.29, 1.82) is 0 Å². The molecule has 1 rings (SSSR count). The Hall–Kier alpha value is -1.32. The lowest BCUT2D eigenvalue weighted by atomic mass is 10.0. The van der Waals surface area contributed by atoms with Crippen molar-refractivity contribution in [2.75, 3.05) is 6.54 Å². The summed E-state index contributed by atoms with van der Waals surface area (Å²) in [5.41, 5.74) is -0.696. The number of imide groups is 1. The highest BCUT2D eigenvalue weighted by atomic mass is 16.2. The van der Waals surface area contributed by atoms with Crippen LogP contribution in [0.1, 0.15) is 111 Å². The van der Waals surface area contributed by atoms with Gasteiger partial charge in [0.1, 0.15) is 5.54 Å². The van der Waals surface area contributed by atoms with E-state index in [1.807, 2.05) is 13.8 Å². The van der Waals surface area contributed by atoms with Gasteiger partial charge in [0.2, 0.25) is 0 Å². The molecule has 0 aliphatic carbocycles. The van der Waals surface area contributed by atoms with Crippen LogP contribution in [0, 0.1) is 0 Å². The molecule has 156 valence electrons. The molecular weight excluding hydrogens is 336 g/mol. The van der Waals surface area contributed by atoms with Gasteiger partial charge in [-0.25, -0.2) is 4.79 Å². The van der Waals surface area contributed by atoms with E-state index in [-0.39, 0.29) is 11.9 Å². The minimum absolute atomic E-state index is 0.183. The standard InChI is InChI=1S/C23H42N2O2/c1-4-5-6-7-8-9-10-11-12-13-14-15-16-17-18-19-20-25-22(27)24-21(26)23(25,2)3/h11-12H,4-10,13-20H2,1-3H3,(H,24,26,27)/b12-11-. The summed E-state index contributed by atoms with van der Waals surface area (Å²) in [7, 11) is 0. The van der Waals surface area contributed by atoms with Crippen LogP contribution in [0.3, 0.4) is 0 Å². The van der Waals surface area contributed by atoms with E-state index < -0.39 is 5.54 Å². The van der Waals surface area contributed by atoms with Crippen LogP contribution in [0.4, 0.5) is 4.79 Å². The highest BCUT2D eigenvalue weighted by molar-refractivity contribution is 6.06. The van der Waals surface area contributed by atoms with Crippen LogP contribution in [0.5, 0.6) is 0 Å². The van der Waals surface area contributed by atoms with E-state index in [4.69, 9.17) is 0 Å². The predicted octanol–water partition coefficient (Wildman–Crippen LogP) is 6.35. The van der Waals surface area contributed by atoms with Gasteiger partial charge in [0.25, 0.3) is 5.91 Å². The number of unbranched alkanes of at least 4 members (excludes halogenated alkanes) is 12. The van der Waals surface area contributed by atoms with Crippen LogP contribution in [0.15, 0.2) is 12.2 Å². The van der Waals surface area contributed by atoms with Gasteiger partial charge >= 0.3 is 6.03 Å². The molecule has 0 aromatic heterocycles. The molecule has 1 N–H and O–H groups in total. The lowest BCUT2D eigenvalue weighted by molar-refractivity contribution is -0.125. The Labute approximate surface area is 167 Å². The van der Waals surface area contributed by atoms with Gasteiger partial charge in [-0.3, -0.25) is 10.1 Å². The maximum atomic E-state index is 11.8. The molecule has 1 aliphatic heterocycles. The van der Waals surface area contributed by atoms with Gasteiger partial charge in [-0.1, -0.05) is 76.9 Å². The first-order valence-corrected chi connectivity index (χ1v) is 11.3. The van der Waals surface area contributed by atoms with E-state index in [2.05, 4.69) is 24.4 Å². The Morgan fingerprint density at radius 2 is 1.26 bits per heavy atom. The van der Waals surface area contributed by atoms with Gasteiger partial charge in [-0.15, -0.1) is 0 Å². The number of carbonyl (C=O) groups excluding carboxylic acids is 2. The molecule has 4 heteroatoms. The average molecular weight is 379 g/mol. The number of amides is 3. The van der Waals surface area contributed by atoms with Crippen molar-refractivity contribution in [2.45, 2.75) is 116 Å². The van der Waals surface area contributed by atoms with Crippen LogP contribution in [0.25, 0.3) is 0 Å². The fourth-order valence-electron chi connectivity index (χ4n) is 3.59. The van der Waals surface area contributed by atoms with Gasteiger partial charge in [0, 0.05) is 6.54 Å². The molecular formula is C23H42N2O2. The number of urea groups is 1. The van der Waals surface area contributed by atoms with Crippen molar-refractivity contribution in [3.8, 4) is 0 Å². The van der Waals surface area contributed by atoms with Crippen molar-refractivity contribution in [3.05, 3.63) is 12.2 Å². The molecule has 0 saturated carbocycles. The molecule has 4 nitrogen and oxygen atoms in total. The van der Waals surface area contributed by atoms with Crippen molar-refractivity contribution in [3.63, 3.8) is 0 Å². The van der Waals surface area contributed by atoms with Crippen molar-refractivity contribution < 1.29 is 9.59 Å². The third-order valence-corrected chi connectivity index (χ3v) is 5.59. The normalized spacial score (nSPS) is 16.5. The largest absolute Gasteiger partial charge is 0.324 e. The summed E-state index contributed by atoms with van der Waals surface area (Å²) >= 11 is 0. The summed E-state index contributed by atoms with van der Waals surface area (Å²) in [6.07, 6.45) is 22.6. The summed E-state index contributed by atoms with van der Waals surface area (Å²) in [6.45, 7) is 6.56. The zero-order chi connectivity index (χ0) is 20.0. The molecule has 1 saturated heterocycles. The van der Waals surface area contributed by atoms with Crippen LogP contribution >= 0.6 is 0 Å². The lowest BCUT2D eigenvalue weighted by Gasteiger charge is -2.27. The highest BCUT2D eigenvalue weighted by Gasteiger charge is 2.44. The maximum absolute atomic E-state index is 11.8. The molecule has 1 heterocycles. The van der Waals surface area contributed by atoms with Crippen LogP contribution in [0.2, 0.25) is 0 Å². The second kappa shape index (κ2) is 13.8. The van der Waals surface area contributed by atoms with Crippen LogP contribution in [-0.2, 0) is 4.79 Å². The van der Waals surface area contributed by atoms with Crippen LogP contribution < -0.4 is 5.32 Å². The summed E-state index contributed by atoms with van der Waals surface area (Å²) in [5.74, 6) is -0.183. The quantitative estimate of drug-likeness (QED) is 0.193. The molecule has 0 radical (unpaired) electrons. The second-order valence-electron chi connectivity index (χ2n) is 8.41. The molecule has 27 heavy (non-hydrogen) atoms. The summed E-state index contributed by atoms with van der Waals surface area (Å²) in [5, 5.41) is 2.40. The first kappa shape index (κ1) is 23.7. The highest BCUT2D eigenvalue weighted by Crippen LogP contribution is 2.21. The lowest BCUT2D eigenvalue weighted by Crippen LogP contribution is -2.44. The predicted molar refractivity (Wildman–Crippen MR) is 114 cm³/mol. The number of carbonyl (C=O) groups is 2. The number of nitrogens with one attached hydrogen (secondary N) is 1. The van der Waals surface area contributed by atoms with E-state index in [1.165, 1.54) is 77.0 Å². The maximum Gasteiger partial charge on any atom is 0.324 e. The summed E-state index contributed by atoms with van der Waals surface area (Å²) in [6, 6.07) is -0.238.